The van der Waals surface area contributed by atoms with Gasteiger partial charge in [0.2, 0.25) is 5.91 Å². The van der Waals surface area contributed by atoms with Crippen molar-refractivity contribution in [2.24, 2.45) is 17.8 Å². The minimum Gasteiger partial charge on any atom is -0.390 e. The van der Waals surface area contributed by atoms with Crippen LogP contribution in [0, 0.1) is 31.6 Å². The number of aromatic nitrogens is 1. The van der Waals surface area contributed by atoms with E-state index in [2.05, 4.69) is 10.3 Å². The van der Waals surface area contributed by atoms with Crippen molar-refractivity contribution in [3.8, 4) is 10.4 Å². The van der Waals surface area contributed by atoms with Gasteiger partial charge in [-0.05, 0) is 61.1 Å². The molecule has 3 aromatic rings. The molecule has 7 nitrogen and oxygen atoms in total. The van der Waals surface area contributed by atoms with E-state index < -0.39 is 41.8 Å². The summed E-state index contributed by atoms with van der Waals surface area (Å²) >= 11 is 1.53. The van der Waals surface area contributed by atoms with Crippen LogP contribution in [0.2, 0.25) is 0 Å². The molecule has 1 aliphatic heterocycles. The van der Waals surface area contributed by atoms with Crippen LogP contribution in [0.25, 0.3) is 10.4 Å². The number of halogens is 1. The molecule has 0 bridgehead atoms. The van der Waals surface area contributed by atoms with Gasteiger partial charge in [0.25, 0.3) is 5.91 Å². The predicted octanol–water partition coefficient (Wildman–Crippen LogP) is 4.95. The van der Waals surface area contributed by atoms with E-state index in [9.17, 15) is 19.5 Å². The maximum Gasteiger partial charge on any atom is 0.255 e. The Bertz CT molecular complexity index is 1440. The summed E-state index contributed by atoms with van der Waals surface area (Å²) in [6.45, 7) is 7.73. The van der Waals surface area contributed by atoms with Gasteiger partial charge in [0.15, 0.2) is 5.78 Å². The number of anilines is 1. The Morgan fingerprint density at radius 3 is 2.56 bits per heavy atom. The number of ketones is 1. The molecule has 1 fully saturated rings. The first-order valence-electron chi connectivity index (χ1n) is 13.1. The monoisotopic (exact) mass is 549 g/mol. The number of amides is 2. The molecular formula is C30H32FN3O4S. The minimum atomic E-state index is -1.89. The number of nitrogens with one attached hydrogen (secondary N) is 1. The van der Waals surface area contributed by atoms with Crippen LogP contribution in [0.5, 0.6) is 0 Å². The second-order valence-electron chi connectivity index (χ2n) is 10.8. The highest BCUT2D eigenvalue weighted by Gasteiger charge is 2.53. The first kappa shape index (κ1) is 27.1. The maximum absolute atomic E-state index is 15.3. The van der Waals surface area contributed by atoms with Crippen LogP contribution in [0.15, 0.2) is 48.0 Å². The summed E-state index contributed by atoms with van der Waals surface area (Å²) in [7, 11) is 0. The minimum absolute atomic E-state index is 0.168. The molecule has 5 atom stereocenters. The average Bonchev–Trinajstić information content (AvgIpc) is 3.56. The predicted molar refractivity (Wildman–Crippen MR) is 148 cm³/mol. The van der Waals surface area contributed by atoms with Gasteiger partial charge in [-0.25, -0.2) is 9.37 Å². The molecule has 1 aromatic heterocycles. The Morgan fingerprint density at radius 1 is 1.18 bits per heavy atom. The third-order valence-electron chi connectivity index (χ3n) is 7.91. The molecule has 204 valence electrons. The molecule has 9 heteroatoms. The van der Waals surface area contributed by atoms with Crippen molar-refractivity contribution in [2.45, 2.75) is 59.0 Å². The third kappa shape index (κ3) is 4.89. The molecule has 2 aromatic carbocycles. The van der Waals surface area contributed by atoms with Gasteiger partial charge < -0.3 is 15.3 Å². The lowest BCUT2D eigenvalue weighted by molar-refractivity contribution is -0.135. The van der Waals surface area contributed by atoms with Crippen LogP contribution in [-0.2, 0) is 16.1 Å². The lowest BCUT2D eigenvalue weighted by Crippen LogP contribution is -2.49. The molecule has 2 heterocycles. The van der Waals surface area contributed by atoms with E-state index in [1.807, 2.05) is 52.0 Å². The number of carbonyl (C=O) groups is 3. The number of benzene rings is 2. The molecular weight excluding hydrogens is 517 g/mol. The molecule has 1 aliphatic carbocycles. The number of aryl methyl sites for hydroxylation is 2. The van der Waals surface area contributed by atoms with Crippen LogP contribution in [0.4, 0.5) is 10.1 Å². The third-order valence-corrected chi connectivity index (χ3v) is 8.89. The van der Waals surface area contributed by atoms with Crippen molar-refractivity contribution in [2.75, 3.05) is 5.32 Å². The van der Waals surface area contributed by atoms with Crippen LogP contribution >= 0.6 is 11.3 Å². The van der Waals surface area contributed by atoms with Gasteiger partial charge in [-0.15, -0.1) is 11.3 Å². The van der Waals surface area contributed by atoms with E-state index in [-0.39, 0.29) is 24.8 Å². The van der Waals surface area contributed by atoms with Crippen molar-refractivity contribution in [3.05, 3.63) is 70.4 Å². The number of hydrogen-bond acceptors (Lipinski definition) is 6. The van der Waals surface area contributed by atoms with Crippen molar-refractivity contribution in [1.29, 1.82) is 0 Å². The molecule has 0 spiro atoms. The molecule has 39 heavy (non-hydrogen) atoms. The highest BCUT2D eigenvalue weighted by atomic mass is 32.1. The van der Waals surface area contributed by atoms with E-state index in [1.54, 1.807) is 23.7 Å². The van der Waals surface area contributed by atoms with Crippen molar-refractivity contribution < 1.29 is 23.9 Å². The Hall–Kier alpha value is -3.43. The number of carbonyl (C=O) groups excluding carboxylic acids is 3. The second-order valence-corrected chi connectivity index (χ2v) is 11.7. The van der Waals surface area contributed by atoms with Gasteiger partial charge in [0.1, 0.15) is 6.17 Å². The number of Topliss-reactive ketones (excluding diaryl/α,β-unsaturated/α-hetero) is 1. The van der Waals surface area contributed by atoms with Crippen LogP contribution in [0.1, 0.15) is 47.4 Å². The number of aliphatic hydroxyl groups excluding tert-OH is 1. The molecule has 0 saturated heterocycles. The number of hydrogen-bond donors (Lipinski definition) is 2. The summed E-state index contributed by atoms with van der Waals surface area (Å²) in [4.78, 5) is 47.4. The summed E-state index contributed by atoms with van der Waals surface area (Å²) in [5.74, 6) is -3.98. The Labute approximate surface area is 231 Å². The van der Waals surface area contributed by atoms with Gasteiger partial charge in [-0.2, -0.15) is 0 Å². The maximum atomic E-state index is 15.3. The number of aliphatic hydroxyl groups is 1. The Morgan fingerprint density at radius 2 is 1.92 bits per heavy atom. The van der Waals surface area contributed by atoms with Gasteiger partial charge in [-0.3, -0.25) is 14.4 Å². The summed E-state index contributed by atoms with van der Waals surface area (Å²) in [5.41, 5.74) is 6.33. The van der Waals surface area contributed by atoms with Gasteiger partial charge >= 0.3 is 0 Å². The quantitative estimate of drug-likeness (QED) is 0.435. The number of thiazole rings is 1. The lowest BCUT2D eigenvalue weighted by Gasteiger charge is -2.33. The van der Waals surface area contributed by atoms with Gasteiger partial charge in [0.05, 0.1) is 34.1 Å². The number of fused-ring (bicyclic) bond motifs is 1. The summed E-state index contributed by atoms with van der Waals surface area (Å²) in [5, 5.41) is 13.2. The van der Waals surface area contributed by atoms with Crippen molar-refractivity contribution >= 4 is 34.6 Å². The second kappa shape index (κ2) is 10.6. The topological polar surface area (TPSA) is 99.6 Å². The molecule has 2 aliphatic rings. The standard InChI is InChI=1S/C30H32FN3O4S/c1-15(2)26(34-13-19-7-5-6-8-20(19)30(34)38)27(36)21-12-23(35)25(31)24(21)29(37)33-22-10-9-18(11-16(22)3)28-17(4)32-14-39-28/h5-11,14-15,21,23-26,35H,12-13H2,1-4H3,(H,33,37)/t21?,23-,24?,25-,26-/m0/s1. The fraction of sp³-hybridized carbons (Fsp3) is 0.400. The zero-order valence-corrected chi connectivity index (χ0v) is 23.2. The van der Waals surface area contributed by atoms with Crippen LogP contribution in [-0.4, -0.2) is 50.9 Å². The van der Waals surface area contributed by atoms with Crippen LogP contribution in [0.3, 0.4) is 0 Å². The molecule has 1 saturated carbocycles. The van der Waals surface area contributed by atoms with E-state index in [4.69, 9.17) is 0 Å². The smallest absolute Gasteiger partial charge is 0.255 e. The number of nitrogens with zero attached hydrogens (tertiary/aromatic N) is 2. The van der Waals surface area contributed by atoms with E-state index in [0.29, 0.717) is 11.3 Å². The normalized spacial score (nSPS) is 23.3. The van der Waals surface area contributed by atoms with Crippen molar-refractivity contribution in [1.82, 2.24) is 9.88 Å². The largest absolute Gasteiger partial charge is 0.390 e. The van der Waals surface area contributed by atoms with Gasteiger partial charge in [-0.1, -0.05) is 38.1 Å². The highest BCUT2D eigenvalue weighted by Crippen LogP contribution is 2.40. The summed E-state index contributed by atoms with van der Waals surface area (Å²) in [6, 6.07) is 11.9. The fourth-order valence-electron chi connectivity index (χ4n) is 5.92. The molecule has 2 N–H and O–H groups in total. The van der Waals surface area contributed by atoms with Crippen LogP contribution < -0.4 is 5.32 Å². The Balaban J connectivity index is 1.38. The first-order chi connectivity index (χ1) is 18.6. The highest BCUT2D eigenvalue weighted by molar-refractivity contribution is 7.13. The number of alkyl halides is 1. The summed E-state index contributed by atoms with van der Waals surface area (Å²) < 4.78 is 15.3. The van der Waals surface area contributed by atoms with E-state index in [1.165, 1.54) is 16.2 Å². The van der Waals surface area contributed by atoms with Gasteiger partial charge in [0, 0.05) is 23.7 Å². The molecule has 2 amide bonds. The average molecular weight is 550 g/mol. The first-order valence-corrected chi connectivity index (χ1v) is 14.0. The number of rotatable bonds is 7. The van der Waals surface area contributed by atoms with Crippen molar-refractivity contribution in [3.63, 3.8) is 0 Å². The molecule has 2 unspecified atom stereocenters. The molecule has 0 radical (unpaired) electrons. The zero-order valence-electron chi connectivity index (χ0n) is 22.3. The zero-order chi connectivity index (χ0) is 28.0. The lowest BCUT2D eigenvalue weighted by atomic mass is 9.83. The Kier molecular flexibility index (Phi) is 7.39. The molecule has 5 rings (SSSR count). The summed E-state index contributed by atoms with van der Waals surface area (Å²) in [6.07, 6.45) is -3.50. The fourth-order valence-corrected chi connectivity index (χ4v) is 6.72. The SMILES string of the molecule is Cc1cc(-c2scnc2C)ccc1NC(=O)C1C(C(=O)[C@H](C(C)C)N2Cc3ccccc3C2=O)C[C@H](O)[C@@H]1F. The van der Waals surface area contributed by atoms with E-state index in [0.717, 1.165) is 27.3 Å². The van der Waals surface area contributed by atoms with E-state index >= 15 is 4.39 Å².